The number of rotatable bonds is 2. The first-order valence-electron chi connectivity index (χ1n) is 5.36. The Morgan fingerprint density at radius 2 is 1.71 bits per heavy atom. The van der Waals surface area contributed by atoms with Crippen LogP contribution in [0.4, 0.5) is 0 Å². The van der Waals surface area contributed by atoms with Gasteiger partial charge >= 0.3 is 0 Å². The Morgan fingerprint density at radius 3 is 2.36 bits per heavy atom. The van der Waals surface area contributed by atoms with E-state index in [2.05, 4.69) is 0 Å². The Hall–Kier alpha value is -0.410. The van der Waals surface area contributed by atoms with E-state index in [1.54, 1.807) is 14.2 Å². The standard InChI is InChI=1S/C11H18O3/c1-13-9-5-6-10(14-2)11-7(9)3-4-8(11)12/h7,9-11H,3-6H2,1-2H3. The van der Waals surface area contributed by atoms with Gasteiger partial charge in [0.15, 0.2) is 0 Å². The number of carbonyl (C=O) groups is 1. The van der Waals surface area contributed by atoms with E-state index in [9.17, 15) is 4.79 Å². The summed E-state index contributed by atoms with van der Waals surface area (Å²) in [6.45, 7) is 0. The molecule has 0 amide bonds. The molecule has 3 nitrogen and oxygen atoms in total. The van der Waals surface area contributed by atoms with E-state index < -0.39 is 0 Å². The van der Waals surface area contributed by atoms with Crippen LogP contribution in [-0.2, 0) is 14.3 Å². The molecule has 0 radical (unpaired) electrons. The molecule has 14 heavy (non-hydrogen) atoms. The largest absolute Gasteiger partial charge is 0.381 e. The monoisotopic (exact) mass is 198 g/mol. The summed E-state index contributed by atoms with van der Waals surface area (Å²) in [6, 6.07) is 0. The molecule has 0 aromatic rings. The summed E-state index contributed by atoms with van der Waals surface area (Å²) in [5.41, 5.74) is 0. The van der Waals surface area contributed by atoms with Gasteiger partial charge in [0.05, 0.1) is 12.2 Å². The first-order valence-corrected chi connectivity index (χ1v) is 5.36. The first-order chi connectivity index (χ1) is 6.77. The van der Waals surface area contributed by atoms with Crippen LogP contribution in [0.25, 0.3) is 0 Å². The van der Waals surface area contributed by atoms with Crippen molar-refractivity contribution >= 4 is 5.78 Å². The highest BCUT2D eigenvalue weighted by atomic mass is 16.5. The molecule has 0 spiro atoms. The molecule has 2 rings (SSSR count). The number of hydrogen-bond donors (Lipinski definition) is 0. The molecule has 0 saturated heterocycles. The zero-order valence-electron chi connectivity index (χ0n) is 8.86. The van der Waals surface area contributed by atoms with Crippen molar-refractivity contribution in [2.24, 2.45) is 11.8 Å². The predicted molar refractivity (Wildman–Crippen MR) is 52.0 cm³/mol. The summed E-state index contributed by atoms with van der Waals surface area (Å²) in [5, 5.41) is 0. The Labute approximate surface area is 84.8 Å². The van der Waals surface area contributed by atoms with Gasteiger partial charge < -0.3 is 9.47 Å². The average Bonchev–Trinajstić information content (AvgIpc) is 2.60. The number of methoxy groups -OCH3 is 2. The van der Waals surface area contributed by atoms with E-state index in [-0.39, 0.29) is 18.1 Å². The molecule has 0 aromatic heterocycles. The second-order valence-corrected chi connectivity index (χ2v) is 4.32. The van der Waals surface area contributed by atoms with E-state index >= 15 is 0 Å². The van der Waals surface area contributed by atoms with Crippen LogP contribution in [0.5, 0.6) is 0 Å². The fourth-order valence-electron chi connectivity index (χ4n) is 3.07. The molecule has 80 valence electrons. The molecule has 0 aromatic carbocycles. The minimum atomic E-state index is 0.110. The Balaban J connectivity index is 2.15. The normalized spacial score (nSPS) is 42.6. The van der Waals surface area contributed by atoms with Crippen molar-refractivity contribution in [3.8, 4) is 0 Å². The molecular weight excluding hydrogens is 180 g/mol. The Morgan fingerprint density at radius 1 is 1.07 bits per heavy atom. The molecule has 0 N–H and O–H groups in total. The van der Waals surface area contributed by atoms with Crippen LogP contribution in [0, 0.1) is 11.8 Å². The number of ketones is 1. The fourth-order valence-corrected chi connectivity index (χ4v) is 3.07. The molecule has 0 aliphatic heterocycles. The summed E-state index contributed by atoms with van der Waals surface area (Å²) >= 11 is 0. The molecule has 4 atom stereocenters. The molecule has 2 fully saturated rings. The summed E-state index contributed by atoms with van der Waals surface area (Å²) in [6.07, 6.45) is 4.11. The summed E-state index contributed by atoms with van der Waals surface area (Å²) < 4.78 is 10.8. The van der Waals surface area contributed by atoms with Crippen LogP contribution in [0.3, 0.4) is 0 Å². The zero-order chi connectivity index (χ0) is 10.1. The fraction of sp³-hybridized carbons (Fsp3) is 0.909. The van der Waals surface area contributed by atoms with Gasteiger partial charge in [-0.3, -0.25) is 4.79 Å². The van der Waals surface area contributed by atoms with Gasteiger partial charge in [-0.1, -0.05) is 0 Å². The lowest BCUT2D eigenvalue weighted by molar-refractivity contribution is -0.131. The van der Waals surface area contributed by atoms with Crippen molar-refractivity contribution in [1.29, 1.82) is 0 Å². The topological polar surface area (TPSA) is 35.5 Å². The molecular formula is C11H18O3. The highest BCUT2D eigenvalue weighted by molar-refractivity contribution is 5.84. The lowest BCUT2D eigenvalue weighted by Crippen LogP contribution is -2.42. The number of ether oxygens (including phenoxy) is 2. The number of carbonyl (C=O) groups excluding carboxylic acids is 1. The SMILES string of the molecule is COC1CCC(OC)C2C(=O)CCC12. The van der Waals surface area contributed by atoms with Gasteiger partial charge in [0.1, 0.15) is 5.78 Å². The van der Waals surface area contributed by atoms with Gasteiger partial charge in [-0.2, -0.15) is 0 Å². The van der Waals surface area contributed by atoms with Crippen LogP contribution in [0.2, 0.25) is 0 Å². The lowest BCUT2D eigenvalue weighted by Gasteiger charge is -2.37. The summed E-state index contributed by atoms with van der Waals surface area (Å²) in [7, 11) is 3.46. The first kappa shape index (κ1) is 10.1. The van der Waals surface area contributed by atoms with Crippen molar-refractivity contribution in [2.75, 3.05) is 14.2 Å². The third-order valence-electron chi connectivity index (χ3n) is 3.78. The van der Waals surface area contributed by atoms with Crippen LogP contribution in [0.1, 0.15) is 25.7 Å². The van der Waals surface area contributed by atoms with Crippen molar-refractivity contribution < 1.29 is 14.3 Å². The number of Topliss-reactive ketones (excluding diaryl/α,β-unsaturated/α-hetero) is 1. The minimum absolute atomic E-state index is 0.110. The second kappa shape index (κ2) is 3.99. The predicted octanol–water partition coefficient (Wildman–Crippen LogP) is 1.41. The van der Waals surface area contributed by atoms with Crippen molar-refractivity contribution in [3.63, 3.8) is 0 Å². The van der Waals surface area contributed by atoms with Crippen LogP contribution in [-0.4, -0.2) is 32.2 Å². The Bertz CT molecular complexity index is 227. The van der Waals surface area contributed by atoms with Crippen LogP contribution >= 0.6 is 0 Å². The second-order valence-electron chi connectivity index (χ2n) is 4.32. The molecule has 4 unspecified atom stereocenters. The maximum Gasteiger partial charge on any atom is 0.138 e. The highest BCUT2D eigenvalue weighted by Gasteiger charge is 2.47. The molecule has 0 heterocycles. The third kappa shape index (κ3) is 1.48. The molecule has 0 bridgehead atoms. The van der Waals surface area contributed by atoms with E-state index in [0.29, 0.717) is 11.7 Å². The van der Waals surface area contributed by atoms with Crippen LogP contribution < -0.4 is 0 Å². The third-order valence-corrected chi connectivity index (χ3v) is 3.78. The van der Waals surface area contributed by atoms with Gasteiger partial charge in [0.25, 0.3) is 0 Å². The van der Waals surface area contributed by atoms with Gasteiger partial charge in [-0.15, -0.1) is 0 Å². The lowest BCUT2D eigenvalue weighted by atomic mass is 9.77. The maximum atomic E-state index is 11.7. The highest BCUT2D eigenvalue weighted by Crippen LogP contribution is 2.42. The van der Waals surface area contributed by atoms with Gasteiger partial charge in [0.2, 0.25) is 0 Å². The van der Waals surface area contributed by atoms with Gasteiger partial charge in [-0.05, 0) is 25.2 Å². The van der Waals surface area contributed by atoms with Crippen molar-refractivity contribution in [3.05, 3.63) is 0 Å². The van der Waals surface area contributed by atoms with Gasteiger partial charge in [0, 0.05) is 26.6 Å². The maximum absolute atomic E-state index is 11.7. The minimum Gasteiger partial charge on any atom is -0.381 e. The quantitative estimate of drug-likeness (QED) is 0.673. The summed E-state index contributed by atoms with van der Waals surface area (Å²) in [4.78, 5) is 11.7. The van der Waals surface area contributed by atoms with Crippen LogP contribution in [0.15, 0.2) is 0 Å². The Kier molecular flexibility index (Phi) is 2.88. The van der Waals surface area contributed by atoms with Gasteiger partial charge in [-0.25, -0.2) is 0 Å². The zero-order valence-corrected chi connectivity index (χ0v) is 8.86. The van der Waals surface area contributed by atoms with E-state index in [0.717, 1.165) is 25.7 Å². The average molecular weight is 198 g/mol. The van der Waals surface area contributed by atoms with E-state index in [1.807, 2.05) is 0 Å². The molecule has 2 saturated carbocycles. The molecule has 2 aliphatic carbocycles. The smallest absolute Gasteiger partial charge is 0.138 e. The molecule has 3 heteroatoms. The summed E-state index contributed by atoms with van der Waals surface area (Å²) in [5.74, 6) is 0.897. The van der Waals surface area contributed by atoms with E-state index in [1.165, 1.54) is 0 Å². The number of fused-ring (bicyclic) bond motifs is 1. The van der Waals surface area contributed by atoms with Crippen molar-refractivity contribution in [2.45, 2.75) is 37.9 Å². The molecule has 2 aliphatic rings. The number of hydrogen-bond acceptors (Lipinski definition) is 3. The van der Waals surface area contributed by atoms with E-state index in [4.69, 9.17) is 9.47 Å². The van der Waals surface area contributed by atoms with Crippen molar-refractivity contribution in [1.82, 2.24) is 0 Å².